The summed E-state index contributed by atoms with van der Waals surface area (Å²) < 4.78 is 10.5. The summed E-state index contributed by atoms with van der Waals surface area (Å²) in [4.78, 5) is 8.03. The Labute approximate surface area is 102 Å². The Morgan fingerprint density at radius 1 is 1.29 bits per heavy atom. The highest BCUT2D eigenvalue weighted by Crippen LogP contribution is 2.24. The van der Waals surface area contributed by atoms with Crippen molar-refractivity contribution in [3.63, 3.8) is 0 Å². The molecule has 3 N–H and O–H groups in total. The number of hydrogen-bond acceptors (Lipinski definition) is 6. The third kappa shape index (κ3) is 4.44. The number of hydrogen-bond donors (Lipinski definition) is 2. The summed E-state index contributed by atoms with van der Waals surface area (Å²) in [6.07, 6.45) is 2.34. The van der Waals surface area contributed by atoms with Gasteiger partial charge in [0.25, 0.3) is 0 Å². The number of aromatic nitrogens is 2. The number of rotatable bonds is 8. The lowest BCUT2D eigenvalue weighted by molar-refractivity contribution is 0.147. The van der Waals surface area contributed by atoms with Crippen LogP contribution in [0, 0.1) is 0 Å². The van der Waals surface area contributed by atoms with Gasteiger partial charge in [-0.15, -0.1) is 0 Å². The minimum absolute atomic E-state index is 0.426. The predicted octanol–water partition coefficient (Wildman–Crippen LogP) is 1.30. The molecule has 1 aromatic heterocycles. The van der Waals surface area contributed by atoms with Crippen LogP contribution in [0.1, 0.15) is 20.3 Å². The predicted molar refractivity (Wildman–Crippen MR) is 67.2 cm³/mol. The van der Waals surface area contributed by atoms with Crippen LogP contribution in [0.5, 0.6) is 5.88 Å². The number of ether oxygens (including phenoxy) is 2. The molecular formula is C11H20N4O2. The Morgan fingerprint density at radius 2 is 2.12 bits per heavy atom. The summed E-state index contributed by atoms with van der Waals surface area (Å²) in [7, 11) is 0. The standard InChI is InChI=1S/C11H20N4O2/c1-3-16-7-5-6-13-10-9(12)11(17-4-2)15-8-14-10/h8H,3-7,12H2,1-2H3,(H,13,14,15). The summed E-state index contributed by atoms with van der Waals surface area (Å²) in [5.41, 5.74) is 6.32. The van der Waals surface area contributed by atoms with Crippen molar-refractivity contribution in [3.8, 4) is 5.88 Å². The average Bonchev–Trinajstić information content (AvgIpc) is 2.33. The molecular weight excluding hydrogens is 220 g/mol. The molecule has 0 aliphatic heterocycles. The molecule has 17 heavy (non-hydrogen) atoms. The van der Waals surface area contributed by atoms with Crippen molar-refractivity contribution in [2.45, 2.75) is 20.3 Å². The van der Waals surface area contributed by atoms with E-state index in [0.29, 0.717) is 24.0 Å². The molecule has 96 valence electrons. The topological polar surface area (TPSA) is 82.3 Å². The molecule has 0 spiro atoms. The van der Waals surface area contributed by atoms with Gasteiger partial charge in [0, 0.05) is 19.8 Å². The number of nitrogens with one attached hydrogen (secondary N) is 1. The van der Waals surface area contributed by atoms with E-state index in [9.17, 15) is 0 Å². The van der Waals surface area contributed by atoms with Crippen molar-refractivity contribution in [2.75, 3.05) is 37.4 Å². The molecule has 0 fully saturated rings. The Bertz CT molecular complexity index is 333. The average molecular weight is 240 g/mol. The summed E-state index contributed by atoms with van der Waals surface area (Å²) in [5, 5.41) is 3.13. The SMILES string of the molecule is CCOCCCNc1ncnc(OCC)c1N. The quantitative estimate of drug-likeness (QED) is 0.666. The first-order valence-electron chi connectivity index (χ1n) is 5.84. The second-order valence-corrected chi connectivity index (χ2v) is 3.35. The highest BCUT2D eigenvalue weighted by atomic mass is 16.5. The van der Waals surface area contributed by atoms with E-state index in [2.05, 4.69) is 15.3 Å². The lowest BCUT2D eigenvalue weighted by Crippen LogP contribution is -2.10. The number of nitrogens with zero attached hydrogens (tertiary/aromatic N) is 2. The molecule has 0 saturated carbocycles. The van der Waals surface area contributed by atoms with Gasteiger partial charge >= 0.3 is 0 Å². The van der Waals surface area contributed by atoms with Crippen LogP contribution in [-0.4, -0.2) is 36.3 Å². The Kier molecular flexibility index (Phi) is 6.09. The second kappa shape index (κ2) is 7.67. The van der Waals surface area contributed by atoms with E-state index >= 15 is 0 Å². The number of nitrogens with two attached hydrogens (primary N) is 1. The van der Waals surface area contributed by atoms with E-state index in [0.717, 1.165) is 26.2 Å². The molecule has 6 heteroatoms. The highest BCUT2D eigenvalue weighted by molar-refractivity contribution is 5.66. The van der Waals surface area contributed by atoms with Gasteiger partial charge in [-0.1, -0.05) is 0 Å². The molecule has 0 bridgehead atoms. The van der Waals surface area contributed by atoms with Gasteiger partial charge in [0.05, 0.1) is 6.61 Å². The van der Waals surface area contributed by atoms with Crippen molar-refractivity contribution in [3.05, 3.63) is 6.33 Å². The van der Waals surface area contributed by atoms with Crippen molar-refractivity contribution < 1.29 is 9.47 Å². The van der Waals surface area contributed by atoms with E-state index in [1.807, 2.05) is 13.8 Å². The molecule has 0 amide bonds. The fraction of sp³-hybridized carbons (Fsp3) is 0.636. The molecule has 6 nitrogen and oxygen atoms in total. The van der Waals surface area contributed by atoms with Gasteiger partial charge in [-0.2, -0.15) is 4.98 Å². The first-order valence-corrected chi connectivity index (χ1v) is 5.84. The van der Waals surface area contributed by atoms with Gasteiger partial charge in [-0.25, -0.2) is 4.98 Å². The Morgan fingerprint density at radius 3 is 2.82 bits per heavy atom. The lowest BCUT2D eigenvalue weighted by Gasteiger charge is -2.10. The lowest BCUT2D eigenvalue weighted by atomic mass is 10.4. The van der Waals surface area contributed by atoms with Gasteiger partial charge in [-0.3, -0.25) is 0 Å². The molecule has 1 heterocycles. The zero-order valence-corrected chi connectivity index (χ0v) is 10.4. The zero-order valence-electron chi connectivity index (χ0n) is 10.4. The number of nitrogen functional groups attached to an aromatic ring is 1. The molecule has 0 saturated heterocycles. The van der Waals surface area contributed by atoms with Gasteiger partial charge in [0.1, 0.15) is 12.0 Å². The highest BCUT2D eigenvalue weighted by Gasteiger charge is 2.07. The minimum atomic E-state index is 0.426. The third-order valence-electron chi connectivity index (χ3n) is 2.09. The Hall–Kier alpha value is -1.56. The molecule has 0 aliphatic carbocycles. The van der Waals surface area contributed by atoms with E-state index in [-0.39, 0.29) is 0 Å². The van der Waals surface area contributed by atoms with Crippen LogP contribution < -0.4 is 15.8 Å². The van der Waals surface area contributed by atoms with Crippen LogP contribution >= 0.6 is 0 Å². The van der Waals surface area contributed by atoms with Gasteiger partial charge in [0.2, 0.25) is 5.88 Å². The second-order valence-electron chi connectivity index (χ2n) is 3.35. The smallest absolute Gasteiger partial charge is 0.242 e. The molecule has 0 aromatic carbocycles. The van der Waals surface area contributed by atoms with E-state index in [4.69, 9.17) is 15.2 Å². The molecule has 1 aromatic rings. The fourth-order valence-electron chi connectivity index (χ4n) is 1.30. The third-order valence-corrected chi connectivity index (χ3v) is 2.09. The summed E-state index contributed by atoms with van der Waals surface area (Å²) in [6, 6.07) is 0. The van der Waals surface area contributed by atoms with Gasteiger partial charge in [0.15, 0.2) is 5.82 Å². The normalized spacial score (nSPS) is 10.2. The van der Waals surface area contributed by atoms with Crippen LogP contribution in [0.4, 0.5) is 11.5 Å². The molecule has 1 rings (SSSR count). The first-order chi connectivity index (χ1) is 8.29. The van der Waals surface area contributed by atoms with E-state index in [1.54, 1.807) is 0 Å². The van der Waals surface area contributed by atoms with Gasteiger partial charge in [-0.05, 0) is 20.3 Å². The Balaban J connectivity index is 2.44. The van der Waals surface area contributed by atoms with E-state index < -0.39 is 0 Å². The van der Waals surface area contributed by atoms with Gasteiger partial charge < -0.3 is 20.5 Å². The van der Waals surface area contributed by atoms with Crippen LogP contribution in [0.2, 0.25) is 0 Å². The summed E-state index contributed by atoms with van der Waals surface area (Å²) >= 11 is 0. The first kappa shape index (κ1) is 13.5. The number of anilines is 2. The summed E-state index contributed by atoms with van der Waals surface area (Å²) in [5.74, 6) is 1.04. The largest absolute Gasteiger partial charge is 0.476 e. The van der Waals surface area contributed by atoms with Crippen molar-refractivity contribution in [1.82, 2.24) is 9.97 Å². The minimum Gasteiger partial charge on any atom is -0.476 e. The van der Waals surface area contributed by atoms with Crippen LogP contribution in [-0.2, 0) is 4.74 Å². The fourth-order valence-corrected chi connectivity index (χ4v) is 1.30. The monoisotopic (exact) mass is 240 g/mol. The van der Waals surface area contributed by atoms with Crippen molar-refractivity contribution >= 4 is 11.5 Å². The van der Waals surface area contributed by atoms with Crippen molar-refractivity contribution in [1.29, 1.82) is 0 Å². The van der Waals surface area contributed by atoms with Crippen LogP contribution in [0.15, 0.2) is 6.33 Å². The van der Waals surface area contributed by atoms with Crippen molar-refractivity contribution in [2.24, 2.45) is 0 Å². The maximum Gasteiger partial charge on any atom is 0.242 e. The van der Waals surface area contributed by atoms with E-state index in [1.165, 1.54) is 6.33 Å². The molecule has 0 atom stereocenters. The maximum atomic E-state index is 5.87. The van der Waals surface area contributed by atoms with Crippen LogP contribution in [0.25, 0.3) is 0 Å². The molecule has 0 unspecified atom stereocenters. The van der Waals surface area contributed by atoms with Crippen LogP contribution in [0.3, 0.4) is 0 Å². The zero-order chi connectivity index (χ0) is 12.5. The summed E-state index contributed by atoms with van der Waals surface area (Å²) in [6.45, 7) is 6.62. The maximum absolute atomic E-state index is 5.87. The molecule has 0 radical (unpaired) electrons. The molecule has 0 aliphatic rings.